The highest BCUT2D eigenvalue weighted by molar-refractivity contribution is 6.31. The molecule has 1 amide bonds. The number of aryl methyl sites for hydroxylation is 1. The van der Waals surface area contributed by atoms with Crippen LogP contribution in [0.3, 0.4) is 0 Å². The van der Waals surface area contributed by atoms with E-state index in [1.807, 2.05) is 0 Å². The predicted molar refractivity (Wildman–Crippen MR) is 90.1 cm³/mol. The minimum absolute atomic E-state index is 0.0526. The highest BCUT2D eigenvalue weighted by Crippen LogP contribution is 2.42. The quantitative estimate of drug-likeness (QED) is 0.904. The number of aliphatic hydroxyl groups excluding tert-OH is 1. The molecule has 124 valence electrons. The van der Waals surface area contributed by atoms with E-state index in [9.17, 15) is 14.7 Å². The molecule has 1 aliphatic rings. The van der Waals surface area contributed by atoms with Crippen molar-refractivity contribution >= 4 is 29.0 Å². The first-order valence-corrected chi connectivity index (χ1v) is 7.93. The van der Waals surface area contributed by atoms with Crippen molar-refractivity contribution in [2.45, 2.75) is 26.3 Å². The van der Waals surface area contributed by atoms with Gasteiger partial charge in [-0.3, -0.25) is 14.5 Å². The average Bonchev–Trinajstić information content (AvgIpc) is 3.09. The Morgan fingerprint density at radius 1 is 1.33 bits per heavy atom. The largest absolute Gasteiger partial charge is 0.503 e. The Labute approximate surface area is 144 Å². The maximum Gasteiger partial charge on any atom is 0.294 e. The molecule has 24 heavy (non-hydrogen) atoms. The minimum atomic E-state index is -0.808. The van der Waals surface area contributed by atoms with Crippen molar-refractivity contribution in [1.82, 2.24) is 0 Å². The Morgan fingerprint density at radius 3 is 2.67 bits per heavy atom. The second-order valence-corrected chi connectivity index (χ2v) is 5.98. The summed E-state index contributed by atoms with van der Waals surface area (Å²) in [6, 6.07) is 9.33. The number of amides is 1. The van der Waals surface area contributed by atoms with Gasteiger partial charge >= 0.3 is 0 Å². The van der Waals surface area contributed by atoms with Crippen molar-refractivity contribution in [2.24, 2.45) is 0 Å². The smallest absolute Gasteiger partial charge is 0.294 e. The summed E-state index contributed by atoms with van der Waals surface area (Å²) in [4.78, 5) is 26.3. The number of nitrogens with zero attached hydrogens (tertiary/aromatic N) is 1. The van der Waals surface area contributed by atoms with Crippen LogP contribution in [0.5, 0.6) is 0 Å². The second kappa shape index (κ2) is 6.17. The molecule has 3 rings (SSSR count). The van der Waals surface area contributed by atoms with E-state index in [2.05, 4.69) is 0 Å². The van der Waals surface area contributed by atoms with Crippen LogP contribution in [0.25, 0.3) is 0 Å². The van der Waals surface area contributed by atoms with Crippen molar-refractivity contribution in [1.29, 1.82) is 0 Å². The van der Waals surface area contributed by atoms with Crippen molar-refractivity contribution in [3.63, 3.8) is 0 Å². The molecule has 0 saturated heterocycles. The van der Waals surface area contributed by atoms with E-state index in [0.29, 0.717) is 22.2 Å². The van der Waals surface area contributed by atoms with Crippen molar-refractivity contribution in [2.75, 3.05) is 4.90 Å². The Balaban J connectivity index is 2.18. The normalized spacial score (nSPS) is 17.7. The number of hydrogen-bond acceptors (Lipinski definition) is 4. The predicted octanol–water partition coefficient (Wildman–Crippen LogP) is 4.12. The van der Waals surface area contributed by atoms with Gasteiger partial charge in [0.05, 0.1) is 5.57 Å². The molecule has 0 saturated carbocycles. The van der Waals surface area contributed by atoms with Crippen LogP contribution < -0.4 is 4.90 Å². The van der Waals surface area contributed by atoms with Gasteiger partial charge in [0.2, 0.25) is 0 Å². The second-order valence-electron chi connectivity index (χ2n) is 5.54. The van der Waals surface area contributed by atoms with E-state index in [1.54, 1.807) is 50.2 Å². The number of hydrogen-bond donors (Lipinski definition) is 1. The number of aliphatic hydroxyl groups is 1. The van der Waals surface area contributed by atoms with Crippen LogP contribution in [-0.4, -0.2) is 16.8 Å². The summed E-state index contributed by atoms with van der Waals surface area (Å²) in [6.45, 7) is 3.45. The molecule has 0 aliphatic carbocycles. The summed E-state index contributed by atoms with van der Waals surface area (Å²) in [7, 11) is 0. The van der Waals surface area contributed by atoms with Crippen LogP contribution in [-0.2, 0) is 9.59 Å². The van der Waals surface area contributed by atoms with Crippen LogP contribution in [0.15, 0.2) is 52.1 Å². The molecular formula is C18H16ClNO4. The van der Waals surface area contributed by atoms with Gasteiger partial charge in [0.1, 0.15) is 17.6 Å². The molecule has 2 heterocycles. The van der Waals surface area contributed by atoms with E-state index >= 15 is 0 Å². The number of carbonyl (C=O) groups excluding carboxylic acids is 2. The van der Waals surface area contributed by atoms with E-state index in [4.69, 9.17) is 16.0 Å². The number of benzene rings is 1. The van der Waals surface area contributed by atoms with Gasteiger partial charge in [-0.05, 0) is 37.3 Å². The maximum atomic E-state index is 12.6. The molecule has 2 aromatic rings. The number of halogens is 1. The number of Topliss-reactive ketones (excluding diaryl/α,β-unsaturated/α-hetero) is 1. The molecule has 0 fully saturated rings. The molecule has 0 bridgehead atoms. The number of furan rings is 1. The summed E-state index contributed by atoms with van der Waals surface area (Å²) in [6.07, 6.45) is 0.173. The average molecular weight is 346 g/mol. The topological polar surface area (TPSA) is 70.8 Å². The third-order valence-electron chi connectivity index (χ3n) is 3.95. The molecular weight excluding hydrogens is 330 g/mol. The molecule has 0 spiro atoms. The molecule has 1 aromatic carbocycles. The lowest BCUT2D eigenvalue weighted by Crippen LogP contribution is -2.30. The number of rotatable bonds is 4. The lowest BCUT2D eigenvalue weighted by molar-refractivity contribution is -0.118. The highest BCUT2D eigenvalue weighted by Gasteiger charge is 2.45. The van der Waals surface area contributed by atoms with Crippen molar-refractivity contribution < 1.29 is 19.1 Å². The van der Waals surface area contributed by atoms with Gasteiger partial charge in [-0.15, -0.1) is 0 Å². The van der Waals surface area contributed by atoms with Gasteiger partial charge in [-0.2, -0.15) is 0 Å². The summed E-state index contributed by atoms with van der Waals surface area (Å²) < 4.78 is 5.65. The first-order chi connectivity index (χ1) is 11.4. The van der Waals surface area contributed by atoms with Crippen LogP contribution in [0.2, 0.25) is 5.02 Å². The van der Waals surface area contributed by atoms with Crippen molar-refractivity contribution in [3.05, 3.63) is 64.3 Å². The summed E-state index contributed by atoms with van der Waals surface area (Å²) >= 11 is 6.03. The van der Waals surface area contributed by atoms with Gasteiger partial charge in [0.25, 0.3) is 5.91 Å². The van der Waals surface area contributed by atoms with E-state index in [1.165, 1.54) is 4.90 Å². The number of anilines is 1. The number of ketones is 1. The van der Waals surface area contributed by atoms with Crippen LogP contribution in [0.4, 0.5) is 5.69 Å². The lowest BCUT2D eigenvalue weighted by atomic mass is 9.99. The fourth-order valence-electron chi connectivity index (χ4n) is 2.84. The molecule has 6 heteroatoms. The third-order valence-corrected chi connectivity index (χ3v) is 4.18. The summed E-state index contributed by atoms with van der Waals surface area (Å²) in [5.41, 5.74) is 0.536. The Morgan fingerprint density at radius 2 is 2.08 bits per heavy atom. The zero-order valence-corrected chi connectivity index (χ0v) is 14.0. The van der Waals surface area contributed by atoms with E-state index < -0.39 is 17.7 Å². The molecule has 1 unspecified atom stereocenters. The van der Waals surface area contributed by atoms with Crippen molar-refractivity contribution in [3.8, 4) is 0 Å². The van der Waals surface area contributed by atoms with Crippen LogP contribution in [0, 0.1) is 6.92 Å². The summed E-state index contributed by atoms with van der Waals surface area (Å²) in [5.74, 6) is -0.418. The zero-order chi connectivity index (χ0) is 17.4. The lowest BCUT2D eigenvalue weighted by Gasteiger charge is -2.25. The number of carbonyl (C=O) groups is 2. The fraction of sp³-hybridized carbons (Fsp3) is 0.222. The van der Waals surface area contributed by atoms with Gasteiger partial charge in [0, 0.05) is 17.1 Å². The SMILES string of the molecule is CCC(=O)C1=C(O)C(=O)N(c2cccc(Cl)c2)C1c1ccc(C)o1. The highest BCUT2D eigenvalue weighted by atomic mass is 35.5. The van der Waals surface area contributed by atoms with Gasteiger partial charge in [-0.1, -0.05) is 24.6 Å². The maximum absolute atomic E-state index is 12.6. The van der Waals surface area contributed by atoms with E-state index in [0.717, 1.165) is 0 Å². The minimum Gasteiger partial charge on any atom is -0.503 e. The molecule has 1 atom stereocenters. The monoisotopic (exact) mass is 345 g/mol. The molecule has 1 aliphatic heterocycles. The molecule has 0 radical (unpaired) electrons. The zero-order valence-electron chi connectivity index (χ0n) is 13.2. The Hall–Kier alpha value is -2.53. The molecule has 1 aromatic heterocycles. The fourth-order valence-corrected chi connectivity index (χ4v) is 3.03. The third kappa shape index (κ3) is 2.61. The first-order valence-electron chi connectivity index (χ1n) is 7.55. The van der Waals surface area contributed by atoms with Gasteiger partial charge in [-0.25, -0.2) is 0 Å². The van der Waals surface area contributed by atoms with Gasteiger partial charge in [0.15, 0.2) is 11.5 Å². The van der Waals surface area contributed by atoms with Crippen LogP contribution in [0.1, 0.15) is 30.9 Å². The van der Waals surface area contributed by atoms with Crippen LogP contribution >= 0.6 is 11.6 Å². The molecule has 1 N–H and O–H groups in total. The first kappa shape index (κ1) is 16.3. The summed E-state index contributed by atoms with van der Waals surface area (Å²) in [5, 5.41) is 10.7. The van der Waals surface area contributed by atoms with Gasteiger partial charge < -0.3 is 9.52 Å². The van der Waals surface area contributed by atoms with E-state index in [-0.39, 0.29) is 17.8 Å². The standard InChI is InChI=1S/C18H16ClNO4/c1-3-13(21)15-16(14-8-7-10(2)24-14)20(18(23)17(15)22)12-6-4-5-11(19)9-12/h4-9,16,22H,3H2,1-2H3. The molecule has 5 nitrogen and oxygen atoms in total. The Kier molecular flexibility index (Phi) is 4.20. The Bertz CT molecular complexity index is 852.